The topological polar surface area (TPSA) is 50.5 Å². The molecule has 0 aliphatic carbocycles. The molecule has 5 nitrogen and oxygen atoms in total. The minimum absolute atomic E-state index is 0.190. The Hall–Kier alpha value is -3.21. The van der Waals surface area contributed by atoms with Gasteiger partial charge < -0.3 is 4.90 Å². The molecule has 0 saturated carbocycles. The molecule has 30 heavy (non-hydrogen) atoms. The Morgan fingerprint density at radius 3 is 2.77 bits per heavy atom. The summed E-state index contributed by atoms with van der Waals surface area (Å²) in [5.41, 5.74) is 8.58. The summed E-state index contributed by atoms with van der Waals surface area (Å²) in [7, 11) is 0. The van der Waals surface area contributed by atoms with Crippen LogP contribution in [0, 0.1) is 20.8 Å². The molecule has 3 heterocycles. The first kappa shape index (κ1) is 18.8. The van der Waals surface area contributed by atoms with Gasteiger partial charge in [-0.3, -0.25) is 4.79 Å². The van der Waals surface area contributed by atoms with Gasteiger partial charge in [0, 0.05) is 35.4 Å². The quantitative estimate of drug-likeness (QED) is 0.502. The Morgan fingerprint density at radius 1 is 1.07 bits per heavy atom. The molecule has 2 aromatic carbocycles. The lowest BCUT2D eigenvalue weighted by Crippen LogP contribution is -2.36. The van der Waals surface area contributed by atoms with Gasteiger partial charge in [0.2, 0.25) is 5.91 Å². The second-order valence-corrected chi connectivity index (χ2v) is 8.25. The maximum Gasteiger partial charge on any atom is 0.227 e. The van der Waals surface area contributed by atoms with Crippen molar-refractivity contribution in [1.82, 2.24) is 14.6 Å². The summed E-state index contributed by atoms with van der Waals surface area (Å²) in [4.78, 5) is 20.0. The number of benzene rings is 2. The third-order valence-corrected chi connectivity index (χ3v) is 6.33. The molecule has 1 amide bonds. The zero-order valence-electron chi connectivity index (χ0n) is 17.8. The van der Waals surface area contributed by atoms with E-state index in [1.165, 1.54) is 11.1 Å². The maximum absolute atomic E-state index is 13.2. The van der Waals surface area contributed by atoms with Gasteiger partial charge in [0.25, 0.3) is 0 Å². The first-order valence-corrected chi connectivity index (χ1v) is 10.7. The highest BCUT2D eigenvalue weighted by Gasteiger charge is 2.24. The largest absolute Gasteiger partial charge is 0.312 e. The van der Waals surface area contributed by atoms with E-state index in [4.69, 9.17) is 10.1 Å². The summed E-state index contributed by atoms with van der Waals surface area (Å²) in [5.74, 6) is 0.190. The highest BCUT2D eigenvalue weighted by molar-refractivity contribution is 5.95. The molecule has 0 fully saturated rings. The monoisotopic (exact) mass is 398 g/mol. The van der Waals surface area contributed by atoms with Crippen molar-refractivity contribution in [2.75, 3.05) is 11.4 Å². The fraction of sp³-hybridized carbons (Fsp3) is 0.320. The second-order valence-electron chi connectivity index (χ2n) is 8.25. The summed E-state index contributed by atoms with van der Waals surface area (Å²) >= 11 is 0. The Kier molecular flexibility index (Phi) is 4.54. The zero-order chi connectivity index (χ0) is 20.8. The first-order valence-electron chi connectivity index (χ1n) is 10.7. The van der Waals surface area contributed by atoms with Crippen LogP contribution in [0.4, 0.5) is 5.69 Å². The van der Waals surface area contributed by atoms with Gasteiger partial charge in [0.05, 0.1) is 5.52 Å². The van der Waals surface area contributed by atoms with E-state index in [0.29, 0.717) is 12.8 Å². The maximum atomic E-state index is 13.2. The fourth-order valence-corrected chi connectivity index (χ4v) is 4.80. The van der Waals surface area contributed by atoms with Gasteiger partial charge in [0.15, 0.2) is 5.65 Å². The number of aryl methyl sites for hydroxylation is 4. The lowest BCUT2D eigenvalue weighted by atomic mass is 9.97. The predicted octanol–water partition coefficient (Wildman–Crippen LogP) is 4.72. The summed E-state index contributed by atoms with van der Waals surface area (Å²) in [6, 6.07) is 14.4. The van der Waals surface area contributed by atoms with Crippen LogP contribution in [0.15, 0.2) is 42.5 Å². The molecule has 0 radical (unpaired) electrons. The van der Waals surface area contributed by atoms with Crippen LogP contribution in [0.1, 0.15) is 40.9 Å². The van der Waals surface area contributed by atoms with Crippen LogP contribution in [-0.2, 0) is 17.6 Å². The average Bonchev–Trinajstić information content (AvgIpc) is 3.12. The zero-order valence-corrected chi connectivity index (χ0v) is 17.8. The number of para-hydroxylation sites is 1. The molecule has 1 aliphatic heterocycles. The molecule has 0 bridgehead atoms. The number of carbonyl (C=O) groups excluding carboxylic acids is 1. The fourth-order valence-electron chi connectivity index (χ4n) is 4.80. The third kappa shape index (κ3) is 2.96. The van der Waals surface area contributed by atoms with Crippen LogP contribution in [0.25, 0.3) is 16.6 Å². The number of fused-ring (bicyclic) bond motifs is 4. The van der Waals surface area contributed by atoms with E-state index < -0.39 is 0 Å². The molecular formula is C25H26N4O. The number of rotatable bonds is 3. The minimum atomic E-state index is 0.190. The van der Waals surface area contributed by atoms with Gasteiger partial charge in [-0.05, 0) is 68.9 Å². The van der Waals surface area contributed by atoms with Gasteiger partial charge in [-0.2, -0.15) is 5.10 Å². The molecule has 1 aliphatic rings. The van der Waals surface area contributed by atoms with E-state index >= 15 is 0 Å². The molecule has 0 N–H and O–H groups in total. The van der Waals surface area contributed by atoms with Crippen molar-refractivity contribution in [3.63, 3.8) is 0 Å². The predicted molar refractivity (Wildman–Crippen MR) is 120 cm³/mol. The van der Waals surface area contributed by atoms with E-state index in [0.717, 1.165) is 58.6 Å². The van der Waals surface area contributed by atoms with Crippen LogP contribution < -0.4 is 4.90 Å². The Morgan fingerprint density at radius 2 is 1.90 bits per heavy atom. The van der Waals surface area contributed by atoms with Crippen molar-refractivity contribution in [1.29, 1.82) is 0 Å². The first-order chi connectivity index (χ1) is 14.5. The molecule has 0 atom stereocenters. The van der Waals surface area contributed by atoms with Crippen molar-refractivity contribution in [2.24, 2.45) is 0 Å². The van der Waals surface area contributed by atoms with Crippen molar-refractivity contribution in [3.8, 4) is 0 Å². The van der Waals surface area contributed by atoms with Crippen molar-refractivity contribution >= 4 is 28.1 Å². The molecule has 5 rings (SSSR count). The second kappa shape index (κ2) is 7.24. The van der Waals surface area contributed by atoms with Gasteiger partial charge in [-0.25, -0.2) is 9.50 Å². The summed E-state index contributed by atoms with van der Waals surface area (Å²) in [6.07, 6.45) is 3.22. The standard InChI is InChI=1S/C25H26N4O/c1-16-8-6-9-19-10-7-15-28(24(16)19)23(30)14-13-20-17(2)26-25-21-11-4-5-12-22(21)27-29(25)18(20)3/h4-6,8-9,11-12H,7,10,13-15H2,1-3H3. The van der Waals surface area contributed by atoms with E-state index in [9.17, 15) is 4.79 Å². The van der Waals surface area contributed by atoms with E-state index in [2.05, 4.69) is 38.1 Å². The van der Waals surface area contributed by atoms with Gasteiger partial charge >= 0.3 is 0 Å². The number of amides is 1. The van der Waals surface area contributed by atoms with Crippen LogP contribution in [-0.4, -0.2) is 27.0 Å². The number of hydrogen-bond acceptors (Lipinski definition) is 3. The molecule has 0 unspecified atom stereocenters. The van der Waals surface area contributed by atoms with Crippen molar-refractivity contribution in [3.05, 3.63) is 70.5 Å². The number of anilines is 1. The molecule has 5 heteroatoms. The Bertz CT molecular complexity index is 1290. The SMILES string of the molecule is Cc1cccc2c1N(C(=O)CCc1c(C)nc3c4ccccc4nn3c1C)CCC2. The van der Waals surface area contributed by atoms with Crippen LogP contribution >= 0.6 is 0 Å². The third-order valence-electron chi connectivity index (χ3n) is 6.33. The average molecular weight is 399 g/mol. The molecule has 152 valence electrons. The van der Waals surface area contributed by atoms with Crippen LogP contribution in [0.5, 0.6) is 0 Å². The molecule has 0 saturated heterocycles. The molecule has 2 aromatic heterocycles. The number of nitrogens with zero attached hydrogens (tertiary/aromatic N) is 4. The Labute approximate surface area is 176 Å². The summed E-state index contributed by atoms with van der Waals surface area (Å²) < 4.78 is 1.93. The Balaban J connectivity index is 1.45. The number of hydrogen-bond donors (Lipinski definition) is 0. The normalized spacial score (nSPS) is 13.8. The van der Waals surface area contributed by atoms with E-state index in [1.807, 2.05) is 34.5 Å². The van der Waals surface area contributed by atoms with Crippen molar-refractivity contribution < 1.29 is 4.79 Å². The minimum Gasteiger partial charge on any atom is -0.312 e. The lowest BCUT2D eigenvalue weighted by Gasteiger charge is -2.31. The molecule has 0 spiro atoms. The smallest absolute Gasteiger partial charge is 0.227 e. The number of carbonyl (C=O) groups is 1. The van der Waals surface area contributed by atoms with Gasteiger partial charge in [0.1, 0.15) is 0 Å². The summed E-state index contributed by atoms with van der Waals surface area (Å²) in [5, 5.41) is 5.80. The van der Waals surface area contributed by atoms with Crippen molar-refractivity contribution in [2.45, 2.75) is 46.5 Å². The molecular weight excluding hydrogens is 372 g/mol. The highest BCUT2D eigenvalue weighted by atomic mass is 16.2. The number of aromatic nitrogens is 3. The van der Waals surface area contributed by atoms with Crippen LogP contribution in [0.2, 0.25) is 0 Å². The van der Waals surface area contributed by atoms with E-state index in [-0.39, 0.29) is 5.91 Å². The summed E-state index contributed by atoms with van der Waals surface area (Å²) in [6.45, 7) is 7.01. The van der Waals surface area contributed by atoms with Crippen LogP contribution in [0.3, 0.4) is 0 Å². The van der Waals surface area contributed by atoms with E-state index in [1.54, 1.807) is 0 Å². The highest BCUT2D eigenvalue weighted by Crippen LogP contribution is 2.31. The molecule has 4 aromatic rings. The van der Waals surface area contributed by atoms with Gasteiger partial charge in [-0.15, -0.1) is 0 Å². The van der Waals surface area contributed by atoms with Gasteiger partial charge in [-0.1, -0.05) is 30.3 Å². The lowest BCUT2D eigenvalue weighted by molar-refractivity contribution is -0.118.